The molecule has 2 aromatic rings. The van der Waals surface area contributed by atoms with Crippen LogP contribution in [0.5, 0.6) is 0 Å². The molecular formula is C20H25N5O4S. The summed E-state index contributed by atoms with van der Waals surface area (Å²) in [7, 11) is 0. The minimum absolute atomic E-state index is 0.0143. The van der Waals surface area contributed by atoms with Crippen molar-refractivity contribution >= 4 is 40.6 Å². The molecule has 0 aliphatic carbocycles. The van der Waals surface area contributed by atoms with Crippen molar-refractivity contribution in [3.05, 3.63) is 40.4 Å². The van der Waals surface area contributed by atoms with Gasteiger partial charge in [0.25, 0.3) is 11.8 Å². The van der Waals surface area contributed by atoms with Crippen LogP contribution in [0.15, 0.2) is 24.3 Å². The Morgan fingerprint density at radius 2 is 2.17 bits per heavy atom. The molecule has 30 heavy (non-hydrogen) atoms. The van der Waals surface area contributed by atoms with E-state index in [2.05, 4.69) is 9.69 Å². The van der Waals surface area contributed by atoms with Gasteiger partial charge in [-0.2, -0.15) is 4.37 Å². The number of rotatable bonds is 7. The first-order valence-electron chi connectivity index (χ1n) is 9.64. The highest BCUT2D eigenvalue weighted by molar-refractivity contribution is 7.09. The highest BCUT2D eigenvalue weighted by Crippen LogP contribution is 2.28. The van der Waals surface area contributed by atoms with Crippen molar-refractivity contribution in [1.29, 1.82) is 0 Å². The molecule has 1 aliphatic rings. The van der Waals surface area contributed by atoms with Gasteiger partial charge in [0, 0.05) is 18.8 Å². The van der Waals surface area contributed by atoms with E-state index in [4.69, 9.17) is 16.2 Å². The van der Waals surface area contributed by atoms with Gasteiger partial charge in [-0.3, -0.25) is 19.3 Å². The van der Waals surface area contributed by atoms with Crippen LogP contribution in [0.1, 0.15) is 45.5 Å². The van der Waals surface area contributed by atoms with Crippen molar-refractivity contribution in [2.45, 2.75) is 38.8 Å². The molecule has 1 aromatic heterocycles. The second kappa shape index (κ2) is 9.23. The summed E-state index contributed by atoms with van der Waals surface area (Å²) in [4.78, 5) is 39.1. The Kier molecular flexibility index (Phi) is 6.68. The van der Waals surface area contributed by atoms with Crippen LogP contribution in [0, 0.1) is 6.92 Å². The van der Waals surface area contributed by atoms with E-state index in [9.17, 15) is 14.4 Å². The molecule has 1 saturated heterocycles. The Labute approximate surface area is 178 Å². The lowest BCUT2D eigenvalue weighted by Crippen LogP contribution is -2.49. The summed E-state index contributed by atoms with van der Waals surface area (Å²) >= 11 is 0.784. The number of amides is 3. The fraction of sp³-hybridized carbons (Fsp3) is 0.400. The largest absolute Gasteiger partial charge is 0.395 e. The van der Waals surface area contributed by atoms with Crippen molar-refractivity contribution in [2.75, 3.05) is 23.8 Å². The van der Waals surface area contributed by atoms with Crippen LogP contribution in [0.25, 0.3) is 0 Å². The first kappa shape index (κ1) is 21.7. The van der Waals surface area contributed by atoms with Crippen LogP contribution in [0.2, 0.25) is 0 Å². The zero-order valence-electron chi connectivity index (χ0n) is 16.9. The average molecular weight is 432 g/mol. The number of hydrogen-bond donors (Lipinski definition) is 3. The van der Waals surface area contributed by atoms with Gasteiger partial charge in [-0.15, -0.1) is 0 Å². The Morgan fingerprint density at radius 1 is 1.40 bits per heavy atom. The van der Waals surface area contributed by atoms with Gasteiger partial charge in [0.15, 0.2) is 5.69 Å². The second-order valence-corrected chi connectivity index (χ2v) is 7.98. The number of nitrogens with zero attached hydrogens (tertiary/aromatic N) is 2. The Balaban J connectivity index is 1.89. The van der Waals surface area contributed by atoms with Crippen LogP contribution in [-0.4, -0.2) is 47.4 Å². The number of nitrogen functional groups attached to an aromatic ring is 1. The summed E-state index contributed by atoms with van der Waals surface area (Å²) in [6.45, 7) is 4.60. The first-order chi connectivity index (χ1) is 14.3. The lowest BCUT2D eigenvalue weighted by atomic mass is 10.1. The molecule has 2 heterocycles. The van der Waals surface area contributed by atoms with Crippen molar-refractivity contribution in [2.24, 2.45) is 5.73 Å². The Bertz CT molecular complexity index is 954. The highest BCUT2D eigenvalue weighted by atomic mass is 32.1. The summed E-state index contributed by atoms with van der Waals surface area (Å²) in [6, 6.07) is 6.39. The van der Waals surface area contributed by atoms with Gasteiger partial charge in [0.1, 0.15) is 10.9 Å². The molecule has 9 nitrogen and oxygen atoms in total. The van der Waals surface area contributed by atoms with E-state index in [-0.39, 0.29) is 28.3 Å². The molecule has 0 bridgehead atoms. The maximum atomic E-state index is 13.4. The summed E-state index contributed by atoms with van der Waals surface area (Å²) in [5.74, 6) is -1.66. The van der Waals surface area contributed by atoms with E-state index in [1.54, 1.807) is 25.1 Å². The monoisotopic (exact) mass is 431 g/mol. The molecule has 160 valence electrons. The molecule has 0 saturated carbocycles. The van der Waals surface area contributed by atoms with Crippen molar-refractivity contribution in [3.63, 3.8) is 0 Å². The lowest BCUT2D eigenvalue weighted by molar-refractivity contribution is -0.122. The minimum Gasteiger partial charge on any atom is -0.395 e. The Hall–Kier alpha value is -2.98. The smallest absolute Gasteiger partial charge is 0.272 e. The normalized spacial score (nSPS) is 16.8. The van der Waals surface area contributed by atoms with Gasteiger partial charge in [-0.05, 0) is 55.9 Å². The number of anilines is 2. The number of aryl methyl sites for hydroxylation is 1. The predicted octanol–water partition coefficient (Wildman–Crippen LogP) is 1.46. The maximum absolute atomic E-state index is 13.4. The topological polar surface area (TPSA) is 141 Å². The third-order valence-electron chi connectivity index (χ3n) is 4.95. The molecule has 1 fully saturated rings. The van der Waals surface area contributed by atoms with Gasteiger partial charge in [-0.25, -0.2) is 0 Å². The van der Waals surface area contributed by atoms with Gasteiger partial charge >= 0.3 is 0 Å². The molecule has 3 rings (SSSR count). The molecule has 3 amide bonds. The van der Waals surface area contributed by atoms with Crippen LogP contribution in [0.4, 0.5) is 11.4 Å². The number of carbonyl (C=O) groups is 3. The van der Waals surface area contributed by atoms with Gasteiger partial charge in [0.05, 0.1) is 11.8 Å². The first-order valence-corrected chi connectivity index (χ1v) is 10.4. The molecule has 2 atom stereocenters. The van der Waals surface area contributed by atoms with Crippen molar-refractivity contribution in [3.8, 4) is 0 Å². The molecule has 0 radical (unpaired) electrons. The summed E-state index contributed by atoms with van der Waals surface area (Å²) in [5.41, 5.74) is 12.4. The van der Waals surface area contributed by atoms with Crippen molar-refractivity contribution < 1.29 is 19.1 Å². The molecule has 0 spiro atoms. The van der Waals surface area contributed by atoms with Gasteiger partial charge < -0.3 is 21.5 Å². The number of nitrogens with two attached hydrogens (primary N) is 2. The summed E-state index contributed by atoms with van der Waals surface area (Å²) < 4.78 is 9.44. The molecule has 10 heteroatoms. The quantitative estimate of drug-likeness (QED) is 0.606. The number of ether oxygens (including phenoxy) is 1. The number of hydrogen-bond acceptors (Lipinski definition) is 7. The number of benzene rings is 1. The standard InChI is InChI=1S/C20H25N5O4S/c1-11-5-3-6-13(9-11)25(12(2)19(27)23-10-14-7-4-8-29-14)20(28)17-15(21)16(18(22)26)24-30-17/h3,5-6,9,12,14H,4,7-8,10,21H2,1-2H3,(H2,22,26)(H,23,27)/t12-,14+/m0/s1. The van der Waals surface area contributed by atoms with E-state index in [0.717, 1.165) is 29.9 Å². The number of carbonyl (C=O) groups excluding carboxylic acids is 3. The molecular weight excluding hydrogens is 406 g/mol. The van der Waals surface area contributed by atoms with Gasteiger partial charge in [-0.1, -0.05) is 12.1 Å². The molecule has 1 aliphatic heterocycles. The van der Waals surface area contributed by atoms with Crippen LogP contribution in [-0.2, 0) is 9.53 Å². The van der Waals surface area contributed by atoms with E-state index in [0.29, 0.717) is 18.8 Å². The third-order valence-corrected chi connectivity index (χ3v) is 5.80. The van der Waals surface area contributed by atoms with Crippen molar-refractivity contribution in [1.82, 2.24) is 9.69 Å². The van der Waals surface area contributed by atoms with E-state index in [1.807, 2.05) is 13.0 Å². The fourth-order valence-electron chi connectivity index (χ4n) is 3.32. The SMILES string of the molecule is Cc1cccc(N(C(=O)c2snc(C(N)=O)c2N)[C@@H](C)C(=O)NC[C@H]2CCCO2)c1. The predicted molar refractivity (Wildman–Crippen MR) is 114 cm³/mol. The average Bonchev–Trinajstić information content (AvgIpc) is 3.35. The van der Waals surface area contributed by atoms with Crippen LogP contribution >= 0.6 is 11.5 Å². The van der Waals surface area contributed by atoms with E-state index < -0.39 is 17.9 Å². The second-order valence-electron chi connectivity index (χ2n) is 7.21. The minimum atomic E-state index is -0.834. The molecule has 1 aromatic carbocycles. The zero-order chi connectivity index (χ0) is 21.8. The molecule has 5 N–H and O–H groups in total. The lowest BCUT2D eigenvalue weighted by Gasteiger charge is -2.29. The summed E-state index contributed by atoms with van der Waals surface area (Å²) in [5, 5.41) is 2.86. The third kappa shape index (κ3) is 4.60. The zero-order valence-corrected chi connectivity index (χ0v) is 17.7. The number of nitrogens with one attached hydrogen (secondary N) is 1. The number of aromatic nitrogens is 1. The molecule has 0 unspecified atom stereocenters. The number of primary amides is 1. The fourth-order valence-corrected chi connectivity index (χ4v) is 4.06. The summed E-state index contributed by atoms with van der Waals surface area (Å²) in [6.07, 6.45) is 1.85. The van der Waals surface area contributed by atoms with Crippen LogP contribution in [0.3, 0.4) is 0 Å². The van der Waals surface area contributed by atoms with Crippen LogP contribution < -0.4 is 21.7 Å². The van der Waals surface area contributed by atoms with Gasteiger partial charge in [0.2, 0.25) is 5.91 Å². The Morgan fingerprint density at radius 3 is 2.77 bits per heavy atom. The maximum Gasteiger partial charge on any atom is 0.272 e. The highest BCUT2D eigenvalue weighted by Gasteiger charge is 2.32. The van der Waals surface area contributed by atoms with E-state index in [1.165, 1.54) is 4.90 Å². The van der Waals surface area contributed by atoms with E-state index >= 15 is 0 Å².